The number of nitrogens with zero attached hydrogens (tertiary/aromatic N) is 6. The normalized spacial score (nSPS) is 12.9. The van der Waals surface area contributed by atoms with Gasteiger partial charge in [0.1, 0.15) is 0 Å². The molecule has 4 aromatic rings. The van der Waals surface area contributed by atoms with E-state index in [4.69, 9.17) is 0 Å². The molecule has 0 aliphatic carbocycles. The van der Waals surface area contributed by atoms with Gasteiger partial charge in [0, 0.05) is 10.9 Å². The van der Waals surface area contributed by atoms with Gasteiger partial charge in [-0.15, -0.1) is 10.2 Å². The summed E-state index contributed by atoms with van der Waals surface area (Å²) in [5.41, 5.74) is 2.05. The van der Waals surface area contributed by atoms with Gasteiger partial charge in [-0.25, -0.2) is 4.98 Å². The summed E-state index contributed by atoms with van der Waals surface area (Å²) in [6, 6.07) is 20.3. The second-order valence-corrected chi connectivity index (χ2v) is 7.66. The number of hydrogen-bond acceptors (Lipinski definition) is 8. The van der Waals surface area contributed by atoms with E-state index in [9.17, 15) is 14.7 Å². The maximum absolute atomic E-state index is 13.5. The fourth-order valence-corrected chi connectivity index (χ4v) is 3.78. The lowest BCUT2D eigenvalue weighted by Gasteiger charge is -2.15. The third-order valence-electron chi connectivity index (χ3n) is 5.46. The second-order valence-electron chi connectivity index (χ2n) is 7.66. The van der Waals surface area contributed by atoms with Gasteiger partial charge in [0.15, 0.2) is 11.4 Å². The van der Waals surface area contributed by atoms with Crippen LogP contribution in [0, 0.1) is 0 Å². The van der Waals surface area contributed by atoms with Crippen LogP contribution >= 0.6 is 0 Å². The van der Waals surface area contributed by atoms with E-state index in [1.54, 1.807) is 10.6 Å². The quantitative estimate of drug-likeness (QED) is 0.460. The first-order chi connectivity index (χ1) is 16.6. The average molecular weight is 453 g/mol. The number of hydrogen-bond donors (Lipinski definition) is 2. The monoisotopic (exact) mass is 453 g/mol. The largest absolute Gasteiger partial charge is 0.505 e. The van der Waals surface area contributed by atoms with Crippen molar-refractivity contribution in [1.29, 1.82) is 0 Å². The number of fused-ring (bicyclic) bond motifs is 1. The first kappa shape index (κ1) is 21.1. The number of carbonyl (C=O) groups excluding carboxylic acids is 1. The van der Waals surface area contributed by atoms with Crippen molar-refractivity contribution < 1.29 is 9.90 Å². The minimum absolute atomic E-state index is 0.0633. The summed E-state index contributed by atoms with van der Waals surface area (Å²) in [5.74, 6) is -0.914. The molecule has 0 atom stereocenters. The molecule has 0 saturated heterocycles. The third-order valence-corrected chi connectivity index (χ3v) is 5.46. The summed E-state index contributed by atoms with van der Waals surface area (Å²) in [5, 5.41) is 28.3. The van der Waals surface area contributed by atoms with E-state index in [-0.39, 0.29) is 30.1 Å². The Balaban J connectivity index is 1.62. The van der Waals surface area contributed by atoms with Crippen molar-refractivity contribution in [1.82, 2.24) is 14.9 Å². The molecule has 0 unspecified atom stereocenters. The zero-order chi connectivity index (χ0) is 23.5. The lowest BCUT2D eigenvalue weighted by atomic mass is 10.0. The van der Waals surface area contributed by atoms with Gasteiger partial charge >= 0.3 is 0 Å². The highest BCUT2D eigenvalue weighted by Crippen LogP contribution is 2.30. The van der Waals surface area contributed by atoms with Crippen molar-refractivity contribution in [2.24, 2.45) is 20.7 Å². The number of nitrogens with one attached hydrogen (secondary N) is 1. The summed E-state index contributed by atoms with van der Waals surface area (Å²) >= 11 is 0. The second kappa shape index (κ2) is 9.02. The Bertz CT molecular complexity index is 1470. The maximum Gasteiger partial charge on any atom is 0.273 e. The van der Waals surface area contributed by atoms with Crippen molar-refractivity contribution in [2.75, 3.05) is 6.54 Å². The van der Waals surface area contributed by atoms with Crippen molar-refractivity contribution in [2.45, 2.75) is 12.7 Å². The Morgan fingerprint density at radius 3 is 2.38 bits per heavy atom. The zero-order valence-corrected chi connectivity index (χ0v) is 17.9. The molecular formula is C24H19N7O3. The van der Waals surface area contributed by atoms with Crippen LogP contribution in [0.5, 0.6) is 5.75 Å². The maximum atomic E-state index is 13.5. The van der Waals surface area contributed by atoms with E-state index >= 15 is 0 Å². The molecule has 0 spiro atoms. The summed E-state index contributed by atoms with van der Waals surface area (Å²) < 4.78 is 1.56. The molecule has 2 aromatic heterocycles. The lowest BCUT2D eigenvalue weighted by Crippen LogP contribution is -2.30. The van der Waals surface area contributed by atoms with Crippen LogP contribution in [0.3, 0.4) is 0 Å². The zero-order valence-electron chi connectivity index (χ0n) is 17.9. The number of carbonyl (C=O) groups is 1. The summed E-state index contributed by atoms with van der Waals surface area (Å²) in [7, 11) is 0. The highest BCUT2D eigenvalue weighted by molar-refractivity contribution is 6.01. The van der Waals surface area contributed by atoms with Crippen molar-refractivity contribution in [3.63, 3.8) is 0 Å². The van der Waals surface area contributed by atoms with Gasteiger partial charge in [-0.3, -0.25) is 9.59 Å². The molecule has 2 N–H and O–H groups in total. The van der Waals surface area contributed by atoms with Crippen molar-refractivity contribution in [3.05, 3.63) is 94.5 Å². The number of rotatable bonds is 6. The van der Waals surface area contributed by atoms with E-state index in [0.29, 0.717) is 22.0 Å². The number of aromatic hydroxyl groups is 1. The first-order valence-electron chi connectivity index (χ1n) is 10.5. The minimum Gasteiger partial charge on any atom is -0.505 e. The van der Waals surface area contributed by atoms with Crippen LogP contribution in [0.2, 0.25) is 0 Å². The van der Waals surface area contributed by atoms with Crippen LogP contribution in [-0.4, -0.2) is 33.3 Å². The van der Waals surface area contributed by atoms with Gasteiger partial charge < -0.3 is 15.0 Å². The number of amides is 1. The highest BCUT2D eigenvalue weighted by Gasteiger charge is 2.21. The van der Waals surface area contributed by atoms with Gasteiger partial charge in [0.05, 0.1) is 24.8 Å². The molecule has 5 rings (SSSR count). The van der Waals surface area contributed by atoms with E-state index in [0.717, 1.165) is 5.56 Å². The summed E-state index contributed by atoms with van der Waals surface area (Å²) in [6.07, 6.45) is 0.824. The first-order valence-corrected chi connectivity index (χ1v) is 10.5. The molecule has 0 fully saturated rings. The minimum atomic E-state index is -0.604. The van der Waals surface area contributed by atoms with E-state index in [2.05, 4.69) is 31.0 Å². The van der Waals surface area contributed by atoms with Gasteiger partial charge in [-0.05, 0) is 27.6 Å². The van der Waals surface area contributed by atoms with E-state index in [1.807, 2.05) is 60.7 Å². The van der Waals surface area contributed by atoms with E-state index < -0.39 is 12.1 Å². The van der Waals surface area contributed by atoms with Crippen LogP contribution < -0.4 is 10.9 Å². The molecule has 2 aromatic carbocycles. The molecule has 0 radical (unpaired) electrons. The molecule has 1 aliphatic rings. The number of benzene rings is 2. The molecule has 34 heavy (non-hydrogen) atoms. The van der Waals surface area contributed by atoms with Crippen LogP contribution in [0.15, 0.2) is 98.4 Å². The lowest BCUT2D eigenvalue weighted by molar-refractivity contribution is 0.0944. The molecular weight excluding hydrogens is 434 g/mol. The Kier molecular flexibility index (Phi) is 5.61. The molecule has 1 amide bonds. The van der Waals surface area contributed by atoms with Crippen LogP contribution in [0.4, 0.5) is 0 Å². The van der Waals surface area contributed by atoms with Gasteiger partial charge in [-0.2, -0.15) is 0 Å². The van der Waals surface area contributed by atoms with Gasteiger partial charge in [0.2, 0.25) is 6.17 Å². The van der Waals surface area contributed by atoms with Crippen LogP contribution in [0.1, 0.15) is 16.1 Å². The molecule has 0 saturated carbocycles. The molecule has 168 valence electrons. The molecule has 1 aliphatic heterocycles. The SMILES string of the molecule is O=C(NCC1N=NN=N1)c1ncc2c(cc(-c3ccccc3)c(=O)n2Cc2ccccc2)c1O. The van der Waals surface area contributed by atoms with Gasteiger partial charge in [0.25, 0.3) is 11.5 Å². The van der Waals surface area contributed by atoms with Crippen LogP contribution in [0.25, 0.3) is 22.0 Å². The summed E-state index contributed by atoms with van der Waals surface area (Å²) in [6.45, 7) is 0.342. The molecule has 3 heterocycles. The fraction of sp³-hybridized carbons (Fsp3) is 0.125. The molecule has 10 heteroatoms. The van der Waals surface area contributed by atoms with Gasteiger partial charge in [-0.1, -0.05) is 60.7 Å². The molecule has 0 bridgehead atoms. The Morgan fingerprint density at radius 2 is 1.68 bits per heavy atom. The van der Waals surface area contributed by atoms with Crippen molar-refractivity contribution >= 4 is 16.8 Å². The summed E-state index contributed by atoms with van der Waals surface area (Å²) in [4.78, 5) is 30.4. The standard InChI is InChI=1S/C24H19N7O3/c32-22-18-11-17(16-9-5-2-6-10-16)24(34)31(14-15-7-3-1-4-8-15)19(18)12-25-21(22)23(33)26-13-20-27-29-30-28-20/h1-12,20,32H,13-14H2,(H,26,33). The smallest absolute Gasteiger partial charge is 0.273 e. The topological polar surface area (TPSA) is 134 Å². The Hall–Kier alpha value is -4.73. The highest BCUT2D eigenvalue weighted by atomic mass is 16.3. The van der Waals surface area contributed by atoms with Crippen LogP contribution in [-0.2, 0) is 6.54 Å². The van der Waals surface area contributed by atoms with Crippen molar-refractivity contribution in [3.8, 4) is 16.9 Å². The predicted molar refractivity (Wildman–Crippen MR) is 124 cm³/mol. The number of pyridine rings is 2. The average Bonchev–Trinajstić information content (AvgIpc) is 3.39. The number of aromatic nitrogens is 2. The Morgan fingerprint density at radius 1 is 1.00 bits per heavy atom. The van der Waals surface area contributed by atoms with E-state index in [1.165, 1.54) is 6.20 Å². The Labute approximate surface area is 193 Å². The predicted octanol–water partition coefficient (Wildman–Crippen LogP) is 3.71. The molecule has 10 nitrogen and oxygen atoms in total. The fourth-order valence-electron chi connectivity index (χ4n) is 3.78. The third kappa shape index (κ3) is 4.04.